The second kappa shape index (κ2) is 8.30. The van der Waals surface area contributed by atoms with E-state index >= 15 is 0 Å². The summed E-state index contributed by atoms with van der Waals surface area (Å²) in [5.74, 6) is -0.463. The third kappa shape index (κ3) is 4.51. The van der Waals surface area contributed by atoms with Crippen molar-refractivity contribution in [3.63, 3.8) is 0 Å². The number of carbonyl (C=O) groups excluding carboxylic acids is 2. The Morgan fingerprint density at radius 2 is 2.04 bits per heavy atom. The molecule has 3 rings (SSSR count). The lowest BCUT2D eigenvalue weighted by Crippen LogP contribution is -2.37. The fourth-order valence-electron chi connectivity index (χ4n) is 3.20. The van der Waals surface area contributed by atoms with Crippen LogP contribution in [0.15, 0.2) is 35.3 Å². The molecule has 0 radical (unpaired) electrons. The van der Waals surface area contributed by atoms with Gasteiger partial charge in [0.25, 0.3) is 5.56 Å². The molecule has 8 heteroatoms. The Hall–Kier alpha value is -2.74. The third-order valence-corrected chi connectivity index (χ3v) is 4.79. The number of hydrogen-bond donors (Lipinski definition) is 1. The van der Waals surface area contributed by atoms with Gasteiger partial charge in [0.1, 0.15) is 0 Å². The zero-order valence-corrected chi connectivity index (χ0v) is 15.7. The van der Waals surface area contributed by atoms with Crippen molar-refractivity contribution in [1.82, 2.24) is 24.9 Å². The summed E-state index contributed by atoms with van der Waals surface area (Å²) in [4.78, 5) is 40.5. The minimum atomic E-state index is -0.332. The molecule has 2 aromatic rings. The molecule has 2 heterocycles. The van der Waals surface area contributed by atoms with E-state index in [0.29, 0.717) is 31.6 Å². The van der Waals surface area contributed by atoms with Crippen LogP contribution in [0.5, 0.6) is 0 Å². The highest BCUT2D eigenvalue weighted by Gasteiger charge is 2.33. The molecule has 0 saturated carbocycles. The maximum Gasteiger partial charge on any atom is 0.274 e. The number of nitrogens with one attached hydrogen (secondary N) is 1. The highest BCUT2D eigenvalue weighted by Crippen LogP contribution is 2.17. The SMILES string of the molecule is CN(C)CCN1C[C@H](C(=O)NCCn2ncc3ccccc3c2=O)CC1=O. The summed E-state index contributed by atoms with van der Waals surface area (Å²) >= 11 is 0. The van der Waals surface area contributed by atoms with Gasteiger partial charge in [-0.15, -0.1) is 0 Å². The summed E-state index contributed by atoms with van der Waals surface area (Å²) in [5.41, 5.74) is -0.173. The van der Waals surface area contributed by atoms with Gasteiger partial charge in [-0.3, -0.25) is 14.4 Å². The highest BCUT2D eigenvalue weighted by atomic mass is 16.2. The molecule has 1 N–H and O–H groups in total. The van der Waals surface area contributed by atoms with E-state index in [1.165, 1.54) is 4.68 Å². The molecule has 1 aromatic carbocycles. The topological polar surface area (TPSA) is 87.5 Å². The molecule has 1 fully saturated rings. The third-order valence-electron chi connectivity index (χ3n) is 4.79. The molecule has 2 amide bonds. The van der Waals surface area contributed by atoms with E-state index in [1.807, 2.05) is 37.2 Å². The molecular weight excluding hydrogens is 346 g/mol. The number of benzene rings is 1. The average Bonchev–Trinajstić information content (AvgIpc) is 3.03. The molecule has 27 heavy (non-hydrogen) atoms. The normalized spacial score (nSPS) is 17.1. The van der Waals surface area contributed by atoms with Gasteiger partial charge in [0, 0.05) is 38.0 Å². The van der Waals surface area contributed by atoms with Crippen LogP contribution in [0, 0.1) is 5.92 Å². The molecular formula is C19H25N5O3. The maximum atomic E-state index is 12.4. The fraction of sp³-hybridized carbons (Fsp3) is 0.474. The standard InChI is InChI=1S/C19H25N5O3/c1-22(2)9-10-23-13-15(11-17(23)25)18(26)20-7-8-24-19(27)16-6-4-3-5-14(16)12-21-24/h3-6,12,15H,7-11,13H2,1-2H3,(H,20,26)/t15-/m1/s1. The number of likely N-dealkylation sites (N-methyl/N-ethyl adjacent to an activating group) is 1. The van der Waals surface area contributed by atoms with Gasteiger partial charge in [0.15, 0.2) is 0 Å². The van der Waals surface area contributed by atoms with Gasteiger partial charge >= 0.3 is 0 Å². The number of carbonyl (C=O) groups is 2. The van der Waals surface area contributed by atoms with E-state index in [-0.39, 0.29) is 29.7 Å². The van der Waals surface area contributed by atoms with Crippen LogP contribution in [-0.2, 0) is 16.1 Å². The number of likely N-dealkylation sites (tertiary alicyclic amines) is 1. The molecule has 1 saturated heterocycles. The van der Waals surface area contributed by atoms with E-state index in [0.717, 1.165) is 11.9 Å². The Morgan fingerprint density at radius 3 is 2.81 bits per heavy atom. The summed E-state index contributed by atoms with van der Waals surface area (Å²) in [6, 6.07) is 7.28. The molecule has 1 aromatic heterocycles. The summed E-state index contributed by atoms with van der Waals surface area (Å²) in [5, 5.41) is 8.38. The van der Waals surface area contributed by atoms with Crippen LogP contribution >= 0.6 is 0 Å². The lowest BCUT2D eigenvalue weighted by Gasteiger charge is -2.19. The van der Waals surface area contributed by atoms with Crippen LogP contribution in [0.4, 0.5) is 0 Å². The van der Waals surface area contributed by atoms with Crippen LogP contribution < -0.4 is 10.9 Å². The minimum absolute atomic E-state index is 0.0180. The van der Waals surface area contributed by atoms with Gasteiger partial charge in [0.2, 0.25) is 11.8 Å². The molecule has 0 unspecified atom stereocenters. The fourth-order valence-corrected chi connectivity index (χ4v) is 3.20. The summed E-state index contributed by atoms with van der Waals surface area (Å²) in [7, 11) is 3.90. The van der Waals surface area contributed by atoms with E-state index in [9.17, 15) is 14.4 Å². The minimum Gasteiger partial charge on any atom is -0.354 e. The first kappa shape index (κ1) is 19.0. The van der Waals surface area contributed by atoms with Crippen LogP contribution in [0.25, 0.3) is 10.8 Å². The van der Waals surface area contributed by atoms with Crippen LogP contribution in [0.1, 0.15) is 6.42 Å². The Bertz CT molecular complexity index is 892. The Morgan fingerprint density at radius 1 is 1.26 bits per heavy atom. The zero-order chi connectivity index (χ0) is 19.4. The van der Waals surface area contributed by atoms with Gasteiger partial charge in [-0.05, 0) is 20.2 Å². The molecule has 1 atom stereocenters. The molecule has 0 spiro atoms. The van der Waals surface area contributed by atoms with E-state index < -0.39 is 0 Å². The number of nitrogens with zero attached hydrogens (tertiary/aromatic N) is 4. The van der Waals surface area contributed by atoms with Crippen molar-refractivity contribution in [1.29, 1.82) is 0 Å². The lowest BCUT2D eigenvalue weighted by atomic mass is 10.1. The average molecular weight is 371 g/mol. The Balaban J connectivity index is 1.52. The first-order valence-electron chi connectivity index (χ1n) is 9.11. The monoisotopic (exact) mass is 371 g/mol. The van der Waals surface area contributed by atoms with Crippen molar-refractivity contribution in [3.05, 3.63) is 40.8 Å². The molecule has 1 aliphatic rings. The number of rotatable bonds is 7. The van der Waals surface area contributed by atoms with E-state index in [1.54, 1.807) is 17.2 Å². The molecule has 0 bridgehead atoms. The predicted molar refractivity (Wildman–Crippen MR) is 102 cm³/mol. The first-order chi connectivity index (χ1) is 13.0. The van der Waals surface area contributed by atoms with Gasteiger partial charge in [-0.1, -0.05) is 18.2 Å². The predicted octanol–water partition coefficient (Wildman–Crippen LogP) is -0.0772. The van der Waals surface area contributed by atoms with Crippen molar-refractivity contribution in [3.8, 4) is 0 Å². The molecule has 144 valence electrons. The number of hydrogen-bond acceptors (Lipinski definition) is 5. The number of aromatic nitrogens is 2. The van der Waals surface area contributed by atoms with Crippen LogP contribution in [0.3, 0.4) is 0 Å². The molecule has 8 nitrogen and oxygen atoms in total. The Labute approximate surface area is 157 Å². The van der Waals surface area contributed by atoms with Crippen molar-refractivity contribution >= 4 is 22.6 Å². The second-order valence-electron chi connectivity index (χ2n) is 7.10. The smallest absolute Gasteiger partial charge is 0.274 e. The maximum absolute atomic E-state index is 12.4. The van der Waals surface area contributed by atoms with Crippen molar-refractivity contribution in [2.24, 2.45) is 5.92 Å². The Kier molecular flexibility index (Phi) is 5.85. The zero-order valence-electron chi connectivity index (χ0n) is 15.7. The van der Waals surface area contributed by atoms with Crippen LogP contribution in [0.2, 0.25) is 0 Å². The lowest BCUT2D eigenvalue weighted by molar-refractivity contribution is -0.129. The second-order valence-corrected chi connectivity index (χ2v) is 7.10. The first-order valence-corrected chi connectivity index (χ1v) is 9.11. The summed E-state index contributed by atoms with van der Waals surface area (Å²) < 4.78 is 1.35. The van der Waals surface area contributed by atoms with Gasteiger partial charge in [-0.25, -0.2) is 4.68 Å². The molecule has 0 aliphatic carbocycles. The van der Waals surface area contributed by atoms with Crippen molar-refractivity contribution in [2.75, 3.05) is 40.3 Å². The quantitative estimate of drug-likeness (QED) is 0.736. The van der Waals surface area contributed by atoms with Crippen molar-refractivity contribution < 1.29 is 9.59 Å². The number of fused-ring (bicyclic) bond motifs is 1. The summed E-state index contributed by atoms with van der Waals surface area (Å²) in [6.45, 7) is 2.45. The van der Waals surface area contributed by atoms with Gasteiger partial charge in [0.05, 0.1) is 24.0 Å². The number of amides is 2. The largest absolute Gasteiger partial charge is 0.354 e. The van der Waals surface area contributed by atoms with E-state index in [2.05, 4.69) is 10.4 Å². The summed E-state index contributed by atoms with van der Waals surface area (Å²) in [6.07, 6.45) is 1.89. The highest BCUT2D eigenvalue weighted by molar-refractivity contribution is 5.89. The van der Waals surface area contributed by atoms with Crippen molar-refractivity contribution in [2.45, 2.75) is 13.0 Å². The van der Waals surface area contributed by atoms with E-state index in [4.69, 9.17) is 0 Å². The van der Waals surface area contributed by atoms with Gasteiger partial charge < -0.3 is 15.1 Å². The molecule has 1 aliphatic heterocycles. The van der Waals surface area contributed by atoms with Crippen LogP contribution in [-0.4, -0.2) is 71.7 Å². The van der Waals surface area contributed by atoms with Gasteiger partial charge in [-0.2, -0.15) is 5.10 Å².